The lowest BCUT2D eigenvalue weighted by atomic mass is 10.1. The van der Waals surface area contributed by atoms with Crippen molar-refractivity contribution < 1.29 is 13.2 Å². The van der Waals surface area contributed by atoms with E-state index in [1.165, 1.54) is 25.0 Å². The van der Waals surface area contributed by atoms with Gasteiger partial charge in [-0.05, 0) is 48.9 Å². The highest BCUT2D eigenvalue weighted by atomic mass is 32.2. The van der Waals surface area contributed by atoms with Crippen molar-refractivity contribution in [2.45, 2.75) is 31.1 Å². The number of sulfonamides is 1. The molecule has 1 N–H and O–H groups in total. The largest absolute Gasteiger partial charge is 0.326 e. The molecule has 0 spiro atoms. The van der Waals surface area contributed by atoms with E-state index in [2.05, 4.69) is 11.4 Å². The standard InChI is InChI=1S/C17H22N2O3S2/c1-13-9-10-15(24(21,22)19(2)3)12-16(13)18-17(20)8-4-6-14-7-5-11-23-14/h5,7,9-12H,4,6,8H2,1-3H3,(H,18,20). The van der Waals surface area contributed by atoms with E-state index in [-0.39, 0.29) is 10.8 Å². The first-order valence-corrected chi connectivity index (χ1v) is 9.98. The molecule has 0 aliphatic carbocycles. The summed E-state index contributed by atoms with van der Waals surface area (Å²) in [6.07, 6.45) is 2.04. The quantitative estimate of drug-likeness (QED) is 0.818. The van der Waals surface area contributed by atoms with Crippen molar-refractivity contribution in [3.8, 4) is 0 Å². The third-order valence-corrected chi connectivity index (χ3v) is 6.42. The first-order chi connectivity index (χ1) is 11.3. The van der Waals surface area contributed by atoms with Crippen LogP contribution >= 0.6 is 11.3 Å². The summed E-state index contributed by atoms with van der Waals surface area (Å²) in [5, 5.41) is 4.85. The van der Waals surface area contributed by atoms with Gasteiger partial charge >= 0.3 is 0 Å². The highest BCUT2D eigenvalue weighted by Gasteiger charge is 2.18. The summed E-state index contributed by atoms with van der Waals surface area (Å²) < 4.78 is 25.6. The fraction of sp³-hybridized carbons (Fsp3) is 0.353. The summed E-state index contributed by atoms with van der Waals surface area (Å²) in [5.74, 6) is -0.103. The van der Waals surface area contributed by atoms with Crippen LogP contribution in [0.3, 0.4) is 0 Å². The van der Waals surface area contributed by atoms with E-state index in [4.69, 9.17) is 0 Å². The first kappa shape index (κ1) is 18.6. The Labute approximate surface area is 147 Å². The Morgan fingerprint density at radius 1 is 1.25 bits per heavy atom. The van der Waals surface area contributed by atoms with Gasteiger partial charge in [0.25, 0.3) is 0 Å². The number of amides is 1. The number of hydrogen-bond acceptors (Lipinski definition) is 4. The molecule has 1 heterocycles. The fourth-order valence-electron chi connectivity index (χ4n) is 2.20. The molecule has 2 rings (SSSR count). The number of benzene rings is 1. The van der Waals surface area contributed by atoms with Gasteiger partial charge in [0.1, 0.15) is 0 Å². The number of nitrogens with zero attached hydrogens (tertiary/aromatic N) is 1. The zero-order valence-corrected chi connectivity index (χ0v) is 15.7. The minimum absolute atomic E-state index is 0.103. The summed E-state index contributed by atoms with van der Waals surface area (Å²) in [6, 6.07) is 8.83. The molecule has 0 fully saturated rings. The summed E-state index contributed by atoms with van der Waals surface area (Å²) in [6.45, 7) is 1.84. The van der Waals surface area contributed by atoms with Crippen LogP contribution in [0.2, 0.25) is 0 Å². The maximum absolute atomic E-state index is 12.2. The van der Waals surface area contributed by atoms with Crippen molar-refractivity contribution in [1.82, 2.24) is 4.31 Å². The lowest BCUT2D eigenvalue weighted by Gasteiger charge is -2.14. The smallest absolute Gasteiger partial charge is 0.242 e. The van der Waals surface area contributed by atoms with E-state index in [0.29, 0.717) is 12.1 Å². The summed E-state index contributed by atoms with van der Waals surface area (Å²) in [5.41, 5.74) is 1.37. The molecule has 0 atom stereocenters. The topological polar surface area (TPSA) is 66.5 Å². The van der Waals surface area contributed by atoms with E-state index in [9.17, 15) is 13.2 Å². The molecule has 0 radical (unpaired) electrons. The second-order valence-electron chi connectivity index (χ2n) is 5.75. The van der Waals surface area contributed by atoms with Crippen LogP contribution in [0.4, 0.5) is 5.69 Å². The van der Waals surface area contributed by atoms with Gasteiger partial charge in [-0.2, -0.15) is 0 Å². The Balaban J connectivity index is 2.02. The minimum atomic E-state index is -3.52. The van der Waals surface area contributed by atoms with E-state index in [1.807, 2.05) is 18.4 Å². The average Bonchev–Trinajstić information content (AvgIpc) is 3.02. The van der Waals surface area contributed by atoms with Crippen molar-refractivity contribution in [2.24, 2.45) is 0 Å². The van der Waals surface area contributed by atoms with Crippen LogP contribution in [0, 0.1) is 6.92 Å². The molecule has 0 aliphatic heterocycles. The second-order valence-corrected chi connectivity index (χ2v) is 8.93. The van der Waals surface area contributed by atoms with Gasteiger partial charge in [0.15, 0.2) is 0 Å². The van der Waals surface area contributed by atoms with Gasteiger partial charge in [0.05, 0.1) is 4.90 Å². The van der Waals surface area contributed by atoms with Crippen LogP contribution < -0.4 is 5.32 Å². The Hall–Kier alpha value is -1.70. The lowest BCUT2D eigenvalue weighted by molar-refractivity contribution is -0.116. The van der Waals surface area contributed by atoms with Gasteiger partial charge in [0.2, 0.25) is 15.9 Å². The van der Waals surface area contributed by atoms with Crippen molar-refractivity contribution in [3.05, 3.63) is 46.2 Å². The van der Waals surface area contributed by atoms with E-state index in [1.54, 1.807) is 23.5 Å². The van der Waals surface area contributed by atoms with Gasteiger partial charge in [-0.1, -0.05) is 12.1 Å². The normalized spacial score (nSPS) is 11.7. The number of anilines is 1. The van der Waals surface area contributed by atoms with Gasteiger partial charge in [-0.15, -0.1) is 11.3 Å². The molecule has 130 valence electrons. The van der Waals surface area contributed by atoms with E-state index < -0.39 is 10.0 Å². The fourth-order valence-corrected chi connectivity index (χ4v) is 3.88. The zero-order chi connectivity index (χ0) is 17.7. The number of aryl methyl sites for hydroxylation is 2. The van der Waals surface area contributed by atoms with Crippen molar-refractivity contribution in [2.75, 3.05) is 19.4 Å². The van der Waals surface area contributed by atoms with Crippen LogP contribution in [0.15, 0.2) is 40.6 Å². The SMILES string of the molecule is Cc1ccc(S(=O)(=O)N(C)C)cc1NC(=O)CCCc1cccs1. The van der Waals surface area contributed by atoms with E-state index >= 15 is 0 Å². The molecule has 7 heteroatoms. The van der Waals surface area contributed by atoms with Crippen LogP contribution in [0.5, 0.6) is 0 Å². The Morgan fingerprint density at radius 2 is 2.00 bits per heavy atom. The van der Waals surface area contributed by atoms with Crippen LogP contribution in [-0.2, 0) is 21.2 Å². The number of carbonyl (C=O) groups is 1. The van der Waals surface area contributed by atoms with Crippen LogP contribution in [0.25, 0.3) is 0 Å². The van der Waals surface area contributed by atoms with Gasteiger partial charge < -0.3 is 5.32 Å². The average molecular weight is 367 g/mol. The Bertz CT molecular complexity index is 797. The van der Waals surface area contributed by atoms with Gasteiger partial charge in [-0.3, -0.25) is 4.79 Å². The highest BCUT2D eigenvalue weighted by molar-refractivity contribution is 7.89. The minimum Gasteiger partial charge on any atom is -0.326 e. The van der Waals surface area contributed by atoms with Crippen molar-refractivity contribution in [3.63, 3.8) is 0 Å². The highest BCUT2D eigenvalue weighted by Crippen LogP contribution is 2.22. The molecule has 0 aliphatic rings. The molecular formula is C17H22N2O3S2. The lowest BCUT2D eigenvalue weighted by Crippen LogP contribution is -2.22. The molecule has 1 amide bonds. The zero-order valence-electron chi connectivity index (χ0n) is 14.1. The third-order valence-electron chi connectivity index (χ3n) is 3.67. The van der Waals surface area contributed by atoms with Gasteiger partial charge in [0, 0.05) is 31.1 Å². The monoisotopic (exact) mass is 366 g/mol. The molecule has 2 aromatic rings. The van der Waals surface area contributed by atoms with Crippen LogP contribution in [0.1, 0.15) is 23.3 Å². The molecule has 5 nitrogen and oxygen atoms in total. The molecule has 0 unspecified atom stereocenters. The number of rotatable bonds is 7. The third kappa shape index (κ3) is 4.66. The predicted molar refractivity (Wildman–Crippen MR) is 97.9 cm³/mol. The Morgan fingerprint density at radius 3 is 2.62 bits per heavy atom. The maximum atomic E-state index is 12.2. The summed E-state index contributed by atoms with van der Waals surface area (Å²) in [7, 11) is -0.547. The molecule has 0 bridgehead atoms. The molecule has 0 saturated heterocycles. The maximum Gasteiger partial charge on any atom is 0.242 e. The second kappa shape index (κ2) is 7.92. The molecular weight excluding hydrogens is 344 g/mol. The molecule has 1 aromatic heterocycles. The number of carbonyl (C=O) groups excluding carboxylic acids is 1. The van der Waals surface area contributed by atoms with Crippen molar-refractivity contribution in [1.29, 1.82) is 0 Å². The molecule has 0 saturated carbocycles. The number of thiophene rings is 1. The number of nitrogens with one attached hydrogen (secondary N) is 1. The molecule has 1 aromatic carbocycles. The predicted octanol–water partition coefficient (Wildman–Crippen LogP) is 3.27. The van der Waals surface area contributed by atoms with Gasteiger partial charge in [-0.25, -0.2) is 12.7 Å². The van der Waals surface area contributed by atoms with Crippen LogP contribution in [-0.4, -0.2) is 32.7 Å². The van der Waals surface area contributed by atoms with E-state index in [0.717, 1.165) is 22.7 Å². The summed E-state index contributed by atoms with van der Waals surface area (Å²) in [4.78, 5) is 13.6. The van der Waals surface area contributed by atoms with Crippen molar-refractivity contribution >= 4 is 33.0 Å². The summed E-state index contributed by atoms with van der Waals surface area (Å²) >= 11 is 1.69. The number of hydrogen-bond donors (Lipinski definition) is 1. The Kier molecular flexibility index (Phi) is 6.15. The molecule has 24 heavy (non-hydrogen) atoms. The first-order valence-electron chi connectivity index (χ1n) is 7.66.